The van der Waals surface area contributed by atoms with Gasteiger partial charge in [-0.3, -0.25) is 4.68 Å². The van der Waals surface area contributed by atoms with Crippen LogP contribution in [0.15, 0.2) is 22.8 Å². The van der Waals surface area contributed by atoms with E-state index >= 15 is 0 Å². The van der Waals surface area contributed by atoms with Gasteiger partial charge in [0.25, 0.3) is 0 Å². The second-order valence-electron chi connectivity index (χ2n) is 3.45. The molecule has 1 aromatic carbocycles. The standard InChI is InChI=1S/C11H13BrN2O2/c1-14-7-8-9(12)3-4-10(11(8)13-14)16-6-5-15-2/h3-4,7H,5-6H2,1-2H3. The topological polar surface area (TPSA) is 36.3 Å². The number of halogens is 1. The van der Waals surface area contributed by atoms with E-state index in [1.807, 2.05) is 25.4 Å². The van der Waals surface area contributed by atoms with Gasteiger partial charge in [0.2, 0.25) is 0 Å². The van der Waals surface area contributed by atoms with Crippen LogP contribution in [-0.4, -0.2) is 30.1 Å². The van der Waals surface area contributed by atoms with E-state index in [4.69, 9.17) is 9.47 Å². The molecule has 0 aliphatic heterocycles. The van der Waals surface area contributed by atoms with Gasteiger partial charge in [0.1, 0.15) is 17.9 Å². The van der Waals surface area contributed by atoms with Gasteiger partial charge in [-0.05, 0) is 12.1 Å². The van der Waals surface area contributed by atoms with Gasteiger partial charge >= 0.3 is 0 Å². The molecular formula is C11H13BrN2O2. The zero-order chi connectivity index (χ0) is 11.5. The molecule has 0 atom stereocenters. The molecule has 0 radical (unpaired) electrons. The van der Waals surface area contributed by atoms with Crippen LogP contribution in [0.25, 0.3) is 10.9 Å². The van der Waals surface area contributed by atoms with Crippen molar-refractivity contribution in [3.8, 4) is 5.75 Å². The van der Waals surface area contributed by atoms with Gasteiger partial charge in [0, 0.05) is 30.2 Å². The summed E-state index contributed by atoms with van der Waals surface area (Å²) in [5.41, 5.74) is 0.868. The summed E-state index contributed by atoms with van der Waals surface area (Å²) in [6.07, 6.45) is 1.96. The SMILES string of the molecule is COCCOc1ccc(Br)c2cn(C)nc12. The first-order valence-corrected chi connectivity index (χ1v) is 5.75. The molecule has 2 rings (SSSR count). The summed E-state index contributed by atoms with van der Waals surface area (Å²) in [4.78, 5) is 0. The molecule has 0 fully saturated rings. The minimum absolute atomic E-state index is 0.532. The van der Waals surface area contributed by atoms with E-state index in [-0.39, 0.29) is 0 Å². The quantitative estimate of drug-likeness (QED) is 0.809. The maximum Gasteiger partial charge on any atom is 0.147 e. The normalized spacial score (nSPS) is 10.9. The molecule has 0 aliphatic rings. The number of nitrogens with zero attached hydrogens (tertiary/aromatic N) is 2. The highest BCUT2D eigenvalue weighted by atomic mass is 79.9. The van der Waals surface area contributed by atoms with Crippen LogP contribution in [0.3, 0.4) is 0 Å². The van der Waals surface area contributed by atoms with Crippen molar-refractivity contribution in [3.05, 3.63) is 22.8 Å². The predicted molar refractivity (Wildman–Crippen MR) is 65.8 cm³/mol. The van der Waals surface area contributed by atoms with Gasteiger partial charge in [-0.1, -0.05) is 15.9 Å². The summed E-state index contributed by atoms with van der Waals surface area (Å²) in [6, 6.07) is 3.88. The number of benzene rings is 1. The fourth-order valence-electron chi connectivity index (χ4n) is 1.51. The minimum atomic E-state index is 0.532. The monoisotopic (exact) mass is 284 g/mol. The van der Waals surface area contributed by atoms with Crippen molar-refractivity contribution in [2.45, 2.75) is 0 Å². The lowest BCUT2D eigenvalue weighted by Crippen LogP contribution is -2.04. The predicted octanol–water partition coefficient (Wildman–Crippen LogP) is 2.36. The molecule has 2 aromatic rings. The molecule has 16 heavy (non-hydrogen) atoms. The maximum atomic E-state index is 5.61. The van der Waals surface area contributed by atoms with E-state index in [1.54, 1.807) is 11.8 Å². The van der Waals surface area contributed by atoms with Gasteiger partial charge < -0.3 is 9.47 Å². The maximum absolute atomic E-state index is 5.61. The fourth-order valence-corrected chi connectivity index (χ4v) is 1.94. The highest BCUT2D eigenvalue weighted by molar-refractivity contribution is 9.10. The molecule has 0 saturated heterocycles. The Bertz CT molecular complexity index is 496. The first-order valence-electron chi connectivity index (χ1n) is 4.96. The Balaban J connectivity index is 2.34. The number of fused-ring (bicyclic) bond motifs is 1. The van der Waals surface area contributed by atoms with Gasteiger partial charge in [-0.15, -0.1) is 0 Å². The first kappa shape index (κ1) is 11.4. The molecule has 0 aliphatic carbocycles. The van der Waals surface area contributed by atoms with Gasteiger partial charge in [-0.2, -0.15) is 5.10 Å². The van der Waals surface area contributed by atoms with Gasteiger partial charge in [-0.25, -0.2) is 0 Å². The van der Waals surface area contributed by atoms with Crippen LogP contribution in [0, 0.1) is 0 Å². The van der Waals surface area contributed by atoms with Crippen LogP contribution >= 0.6 is 15.9 Å². The third kappa shape index (κ3) is 2.20. The number of aryl methyl sites for hydroxylation is 1. The van der Waals surface area contributed by atoms with Crippen molar-refractivity contribution in [1.29, 1.82) is 0 Å². The lowest BCUT2D eigenvalue weighted by atomic mass is 10.2. The zero-order valence-electron chi connectivity index (χ0n) is 9.24. The molecule has 1 heterocycles. The molecule has 0 unspecified atom stereocenters. The van der Waals surface area contributed by atoms with Crippen LogP contribution in [0.5, 0.6) is 5.75 Å². The number of ether oxygens (including phenoxy) is 2. The summed E-state index contributed by atoms with van der Waals surface area (Å²) in [6.45, 7) is 1.11. The van der Waals surface area contributed by atoms with E-state index in [0.29, 0.717) is 13.2 Å². The third-order valence-corrected chi connectivity index (χ3v) is 2.94. The van der Waals surface area contributed by atoms with E-state index in [0.717, 1.165) is 21.1 Å². The van der Waals surface area contributed by atoms with Crippen LogP contribution < -0.4 is 4.74 Å². The molecule has 0 amide bonds. The summed E-state index contributed by atoms with van der Waals surface area (Å²) in [7, 11) is 3.55. The second kappa shape index (κ2) is 4.84. The largest absolute Gasteiger partial charge is 0.489 e. The first-order chi connectivity index (χ1) is 7.72. The second-order valence-corrected chi connectivity index (χ2v) is 4.31. The molecule has 1 aromatic heterocycles. The fraction of sp³-hybridized carbons (Fsp3) is 0.364. The zero-order valence-corrected chi connectivity index (χ0v) is 10.8. The Kier molecular flexibility index (Phi) is 3.46. The molecule has 4 nitrogen and oxygen atoms in total. The van der Waals surface area contributed by atoms with Crippen molar-refractivity contribution in [1.82, 2.24) is 9.78 Å². The Morgan fingerprint density at radius 1 is 1.38 bits per heavy atom. The minimum Gasteiger partial charge on any atom is -0.489 e. The molecule has 0 saturated carbocycles. The molecule has 0 N–H and O–H groups in total. The van der Waals surface area contributed by atoms with Crippen molar-refractivity contribution in [2.75, 3.05) is 20.3 Å². The summed E-state index contributed by atoms with van der Waals surface area (Å²) >= 11 is 3.49. The molecule has 5 heteroatoms. The van der Waals surface area contributed by atoms with E-state index in [9.17, 15) is 0 Å². The van der Waals surface area contributed by atoms with Crippen LogP contribution in [-0.2, 0) is 11.8 Å². The Morgan fingerprint density at radius 2 is 2.19 bits per heavy atom. The highest BCUT2D eigenvalue weighted by Crippen LogP contribution is 2.30. The van der Waals surface area contributed by atoms with Crippen molar-refractivity contribution < 1.29 is 9.47 Å². The smallest absolute Gasteiger partial charge is 0.147 e. The summed E-state index contributed by atoms with van der Waals surface area (Å²) < 4.78 is 13.4. The van der Waals surface area contributed by atoms with Gasteiger partial charge in [0.15, 0.2) is 0 Å². The summed E-state index contributed by atoms with van der Waals surface area (Å²) in [5.74, 6) is 0.788. The van der Waals surface area contributed by atoms with Crippen molar-refractivity contribution in [2.24, 2.45) is 7.05 Å². The van der Waals surface area contributed by atoms with Crippen molar-refractivity contribution in [3.63, 3.8) is 0 Å². The number of hydrogen-bond donors (Lipinski definition) is 0. The molecule has 0 spiro atoms. The van der Waals surface area contributed by atoms with E-state index in [2.05, 4.69) is 21.0 Å². The molecular weight excluding hydrogens is 272 g/mol. The lowest BCUT2D eigenvalue weighted by Gasteiger charge is -2.06. The summed E-state index contributed by atoms with van der Waals surface area (Å²) in [5, 5.41) is 5.43. The van der Waals surface area contributed by atoms with E-state index < -0.39 is 0 Å². The number of hydrogen-bond acceptors (Lipinski definition) is 3. The molecule has 0 bridgehead atoms. The lowest BCUT2D eigenvalue weighted by molar-refractivity contribution is 0.147. The highest BCUT2D eigenvalue weighted by Gasteiger charge is 2.09. The van der Waals surface area contributed by atoms with Crippen molar-refractivity contribution >= 4 is 26.8 Å². The Hall–Kier alpha value is -1.07. The average molecular weight is 285 g/mol. The van der Waals surface area contributed by atoms with Gasteiger partial charge in [0.05, 0.1) is 6.61 Å². The van der Waals surface area contributed by atoms with Crippen LogP contribution in [0.4, 0.5) is 0 Å². The Labute approximate surface area is 102 Å². The number of aromatic nitrogens is 2. The van der Waals surface area contributed by atoms with E-state index in [1.165, 1.54) is 0 Å². The number of methoxy groups -OCH3 is 1. The van der Waals surface area contributed by atoms with Crippen LogP contribution in [0.1, 0.15) is 0 Å². The van der Waals surface area contributed by atoms with Crippen LogP contribution in [0.2, 0.25) is 0 Å². The molecule has 86 valence electrons. The third-order valence-electron chi connectivity index (χ3n) is 2.25. The Morgan fingerprint density at radius 3 is 2.94 bits per heavy atom. The average Bonchev–Trinajstić information content (AvgIpc) is 2.65. The number of rotatable bonds is 4.